The molecule has 1 saturated heterocycles. The van der Waals surface area contributed by atoms with Gasteiger partial charge in [-0.3, -0.25) is 28.9 Å². The molecule has 3 heterocycles. The second kappa shape index (κ2) is 22.1. The van der Waals surface area contributed by atoms with Crippen LogP contribution in [0.4, 0.5) is 5.69 Å². The van der Waals surface area contributed by atoms with Crippen molar-refractivity contribution in [3.05, 3.63) is 83.1 Å². The molecule has 0 aromatic heterocycles. The van der Waals surface area contributed by atoms with Crippen molar-refractivity contribution in [3.8, 4) is 23.0 Å². The molecule has 19 heteroatoms. The van der Waals surface area contributed by atoms with Gasteiger partial charge in [-0.25, -0.2) is 4.79 Å². The highest BCUT2D eigenvalue weighted by atomic mass is 28.3. The molecule has 0 saturated carbocycles. The molecule has 366 valence electrons. The number of benzene rings is 3. The molecule has 3 aromatic rings. The van der Waals surface area contributed by atoms with Crippen molar-refractivity contribution in [2.75, 3.05) is 39.6 Å². The summed E-state index contributed by atoms with van der Waals surface area (Å²) in [7, 11) is 2.79. The van der Waals surface area contributed by atoms with Gasteiger partial charge in [-0.05, 0) is 72.0 Å². The van der Waals surface area contributed by atoms with Crippen molar-refractivity contribution >= 4 is 55.0 Å². The lowest BCUT2D eigenvalue weighted by molar-refractivity contribution is -0.266. The second-order valence-corrected chi connectivity index (χ2v) is 23.6. The molecule has 1 N–H and O–H groups in total. The number of aromatic hydroxyl groups is 1. The number of amides is 2. The standard InChI is InChI=1S/C49H60N2O16Si/c1-28-43(64-29(2)52)45(65-30(3)53)49(67-44(28)48(58)61-6)66-36-18-15-33(40(54)23-36)26-63-42(55)12-10-11-32-21-38-37(24-41(32)60-5)46(56)50-25-34(31-13-16-35(59-4)17-14-31)22-39(50)47(57)51(38)27-62-19-20-68(7,8)9/h13-18,21,23-25,28,39,43-45,49,54H,10-12,19-20,22,26-27H2,1-9H3/t28-,39?,43-,44-,45+,49+/m0/s1. The fourth-order valence-corrected chi connectivity index (χ4v) is 8.93. The van der Waals surface area contributed by atoms with Crippen molar-refractivity contribution < 1.29 is 76.5 Å². The molecule has 6 atom stereocenters. The molecular weight excluding hydrogens is 901 g/mol. The molecule has 0 bridgehead atoms. The van der Waals surface area contributed by atoms with E-state index in [1.54, 1.807) is 32.4 Å². The monoisotopic (exact) mass is 960 g/mol. The maximum Gasteiger partial charge on any atom is 0.335 e. The summed E-state index contributed by atoms with van der Waals surface area (Å²) in [4.78, 5) is 81.6. The van der Waals surface area contributed by atoms with Crippen molar-refractivity contribution in [2.24, 2.45) is 5.92 Å². The van der Waals surface area contributed by atoms with Crippen molar-refractivity contribution in [1.29, 1.82) is 0 Å². The average molecular weight is 961 g/mol. The van der Waals surface area contributed by atoms with Crippen LogP contribution in [0.25, 0.3) is 5.57 Å². The highest BCUT2D eigenvalue weighted by Gasteiger charge is 2.52. The normalized spacial score (nSPS) is 21.2. The topological polar surface area (TPSA) is 212 Å². The van der Waals surface area contributed by atoms with Crippen molar-refractivity contribution in [1.82, 2.24) is 4.90 Å². The molecule has 1 fully saturated rings. The summed E-state index contributed by atoms with van der Waals surface area (Å²) in [5.74, 6) is -3.33. The molecular formula is C49H60N2O16Si. The summed E-state index contributed by atoms with van der Waals surface area (Å²) < 4.78 is 50.3. The van der Waals surface area contributed by atoms with E-state index in [9.17, 15) is 33.9 Å². The van der Waals surface area contributed by atoms with Crippen LogP contribution in [-0.2, 0) is 65.4 Å². The first-order chi connectivity index (χ1) is 32.3. The number of phenols is 1. The molecule has 6 rings (SSSR count). The van der Waals surface area contributed by atoms with Crippen LogP contribution in [0.2, 0.25) is 25.7 Å². The molecule has 3 aliphatic rings. The smallest absolute Gasteiger partial charge is 0.335 e. The lowest BCUT2D eigenvalue weighted by atomic mass is 9.90. The summed E-state index contributed by atoms with van der Waals surface area (Å²) in [5.41, 5.74) is 3.28. The Balaban J connectivity index is 1.13. The minimum Gasteiger partial charge on any atom is -0.507 e. The Morgan fingerprint density at radius 3 is 2.19 bits per heavy atom. The number of ether oxygens (including phenoxy) is 9. The van der Waals surface area contributed by atoms with Crippen LogP contribution in [0.3, 0.4) is 0 Å². The number of methoxy groups -OCH3 is 3. The van der Waals surface area contributed by atoms with Crippen LogP contribution in [0, 0.1) is 5.92 Å². The molecule has 18 nitrogen and oxygen atoms in total. The summed E-state index contributed by atoms with van der Waals surface area (Å²) in [6.07, 6.45) is -2.48. The summed E-state index contributed by atoms with van der Waals surface area (Å²) in [6.45, 7) is 10.7. The Hall–Kier alpha value is -6.44. The lowest BCUT2D eigenvalue weighted by Crippen LogP contribution is -2.60. The van der Waals surface area contributed by atoms with Gasteiger partial charge < -0.3 is 52.6 Å². The predicted octanol–water partition coefficient (Wildman–Crippen LogP) is 6.17. The zero-order chi connectivity index (χ0) is 49.4. The van der Waals surface area contributed by atoms with Gasteiger partial charge in [-0.2, -0.15) is 0 Å². The third kappa shape index (κ3) is 12.2. The predicted molar refractivity (Wildman–Crippen MR) is 247 cm³/mol. The van der Waals surface area contributed by atoms with Crippen LogP contribution in [0.5, 0.6) is 23.0 Å². The number of hydrogen-bond donors (Lipinski definition) is 1. The largest absolute Gasteiger partial charge is 0.507 e. The summed E-state index contributed by atoms with van der Waals surface area (Å²) >= 11 is 0. The van der Waals surface area contributed by atoms with Crippen LogP contribution >= 0.6 is 0 Å². The van der Waals surface area contributed by atoms with E-state index >= 15 is 0 Å². The Kier molecular flexibility index (Phi) is 16.6. The van der Waals surface area contributed by atoms with Gasteiger partial charge in [-0.15, -0.1) is 0 Å². The van der Waals surface area contributed by atoms with Crippen LogP contribution in [0.15, 0.2) is 60.8 Å². The van der Waals surface area contributed by atoms with E-state index in [0.717, 1.165) is 24.1 Å². The maximum absolute atomic E-state index is 14.5. The van der Waals surface area contributed by atoms with Gasteiger partial charge in [0.15, 0.2) is 12.2 Å². The summed E-state index contributed by atoms with van der Waals surface area (Å²) in [6, 6.07) is 15.1. The molecule has 0 aliphatic carbocycles. The van der Waals surface area contributed by atoms with Gasteiger partial charge in [0, 0.05) is 65.1 Å². The Labute approximate surface area is 396 Å². The van der Waals surface area contributed by atoms with Crippen LogP contribution < -0.4 is 19.1 Å². The van der Waals surface area contributed by atoms with E-state index in [0.29, 0.717) is 48.6 Å². The first kappa shape index (κ1) is 51.0. The number of carbonyl (C=O) groups is 6. The van der Waals surface area contributed by atoms with Gasteiger partial charge in [0.2, 0.25) is 12.4 Å². The van der Waals surface area contributed by atoms with E-state index in [1.807, 2.05) is 24.3 Å². The van der Waals surface area contributed by atoms with E-state index in [4.69, 9.17) is 42.6 Å². The molecule has 3 aliphatic heterocycles. The maximum atomic E-state index is 14.5. The molecule has 68 heavy (non-hydrogen) atoms. The average Bonchev–Trinajstić information content (AvgIpc) is 3.72. The molecule has 2 amide bonds. The van der Waals surface area contributed by atoms with E-state index in [1.165, 1.54) is 49.1 Å². The van der Waals surface area contributed by atoms with Gasteiger partial charge in [0.05, 0.1) is 32.6 Å². The lowest BCUT2D eigenvalue weighted by Gasteiger charge is -2.42. The number of nitrogens with zero attached hydrogens (tertiary/aromatic N) is 2. The third-order valence-electron chi connectivity index (χ3n) is 11.9. The van der Waals surface area contributed by atoms with E-state index in [-0.39, 0.29) is 54.2 Å². The number of aryl methyl sites for hydroxylation is 1. The number of fused-ring (bicyclic) bond motifs is 2. The number of hydrogen-bond acceptors (Lipinski definition) is 16. The zero-order valence-electron chi connectivity index (χ0n) is 39.9. The first-order valence-corrected chi connectivity index (χ1v) is 26.0. The zero-order valence-corrected chi connectivity index (χ0v) is 40.9. The fourth-order valence-electron chi connectivity index (χ4n) is 8.18. The summed E-state index contributed by atoms with van der Waals surface area (Å²) in [5, 5.41) is 10.9. The highest BCUT2D eigenvalue weighted by Crippen LogP contribution is 2.41. The number of esters is 4. The van der Waals surface area contributed by atoms with Crippen molar-refractivity contribution in [2.45, 2.75) is 109 Å². The number of phenolic OH excluding ortho intramolecular Hbond substituents is 1. The molecule has 3 aromatic carbocycles. The van der Waals surface area contributed by atoms with Crippen LogP contribution in [-0.4, -0.2) is 119 Å². The first-order valence-electron chi connectivity index (χ1n) is 22.3. The quantitative estimate of drug-likeness (QED) is 0.0616. The fraction of sp³-hybridized carbons (Fsp3) is 0.469. The van der Waals surface area contributed by atoms with E-state index < -0.39 is 68.5 Å². The van der Waals surface area contributed by atoms with Gasteiger partial charge in [0.25, 0.3) is 11.8 Å². The molecule has 0 radical (unpaired) electrons. The number of anilines is 1. The van der Waals surface area contributed by atoms with E-state index in [2.05, 4.69) is 19.6 Å². The number of carbonyl (C=O) groups excluding carboxylic acids is 6. The van der Waals surface area contributed by atoms with Crippen LogP contribution in [0.1, 0.15) is 67.1 Å². The SMILES string of the molecule is COC(=O)[C@H]1O[C@@H](Oc2ccc(COC(=O)CCCc3cc4c(cc3OC)C(=O)N3C=C(c5ccc(OC)cc5)CC3C(=O)N4COCC[Si](C)(C)C)c(O)c2)[C@H](OC(C)=O)[C@@H](OC(C)=O)[C@@H]1C. The highest BCUT2D eigenvalue weighted by molar-refractivity contribution is 6.76. The van der Waals surface area contributed by atoms with Gasteiger partial charge >= 0.3 is 23.9 Å². The van der Waals surface area contributed by atoms with Gasteiger partial charge in [-0.1, -0.05) is 38.7 Å². The minimum atomic E-state index is -1.46. The minimum absolute atomic E-state index is 0.0157. The van der Waals surface area contributed by atoms with Gasteiger partial charge in [0.1, 0.15) is 42.4 Å². The molecule has 0 spiro atoms. The third-order valence-corrected chi connectivity index (χ3v) is 13.6. The molecule has 1 unspecified atom stereocenters. The number of rotatable bonds is 19. The Bertz CT molecular complexity index is 2400. The van der Waals surface area contributed by atoms with Crippen molar-refractivity contribution in [3.63, 3.8) is 0 Å². The second-order valence-electron chi connectivity index (χ2n) is 18.0. The Morgan fingerprint density at radius 2 is 1.56 bits per heavy atom. The Morgan fingerprint density at radius 1 is 0.868 bits per heavy atom.